The molecule has 0 saturated heterocycles. The predicted molar refractivity (Wildman–Crippen MR) is 53.0 cm³/mol. The van der Waals surface area contributed by atoms with E-state index in [0.717, 1.165) is 15.4 Å². The Kier molecular flexibility index (Phi) is 3.10. The van der Waals surface area contributed by atoms with Crippen molar-refractivity contribution in [1.82, 2.24) is 0 Å². The third kappa shape index (κ3) is 2.05. The number of hydrogen-bond acceptors (Lipinski definition) is 0. The lowest BCUT2D eigenvalue weighted by Gasteiger charge is -1.98. The zero-order valence-corrected chi connectivity index (χ0v) is 8.81. The maximum Gasteiger partial charge on any atom is 0.188 e. The van der Waals surface area contributed by atoms with Gasteiger partial charge in [-0.05, 0) is 11.6 Å². The molecule has 0 saturated carbocycles. The van der Waals surface area contributed by atoms with Gasteiger partial charge in [0.15, 0.2) is 5.69 Å². The largest absolute Gasteiger partial charge is 0.238 e. The number of benzene rings is 1. The fourth-order valence-electron chi connectivity index (χ4n) is 0.714. The van der Waals surface area contributed by atoms with E-state index in [9.17, 15) is 0 Å². The van der Waals surface area contributed by atoms with Gasteiger partial charge < -0.3 is 0 Å². The highest BCUT2D eigenvalue weighted by Crippen LogP contribution is 2.24. The summed E-state index contributed by atoms with van der Waals surface area (Å²) in [4.78, 5) is 3.31. The van der Waals surface area contributed by atoms with Crippen LogP contribution in [0.1, 0.15) is 5.56 Å². The summed E-state index contributed by atoms with van der Waals surface area (Å²) in [6, 6.07) is 5.57. The highest BCUT2D eigenvalue weighted by Gasteiger charge is 1.98. The minimum absolute atomic E-state index is 0.668. The Labute approximate surface area is 82.5 Å². The van der Waals surface area contributed by atoms with Crippen LogP contribution < -0.4 is 0 Å². The summed E-state index contributed by atoms with van der Waals surface area (Å²) in [5.74, 6) is 0. The molecule has 0 atom stereocenters. The van der Waals surface area contributed by atoms with Crippen LogP contribution in [0.2, 0.25) is 0 Å². The maximum absolute atomic E-state index is 6.76. The Morgan fingerprint density at radius 1 is 1.45 bits per heavy atom. The van der Waals surface area contributed by atoms with Crippen molar-refractivity contribution in [3.63, 3.8) is 0 Å². The second-order valence-electron chi connectivity index (χ2n) is 2.02. The molecule has 0 aromatic heterocycles. The molecule has 11 heavy (non-hydrogen) atoms. The van der Waals surface area contributed by atoms with Gasteiger partial charge in [-0.3, -0.25) is 0 Å². The van der Waals surface area contributed by atoms with Crippen molar-refractivity contribution >= 4 is 37.5 Å². The third-order valence-electron chi connectivity index (χ3n) is 1.31. The van der Waals surface area contributed by atoms with Crippen molar-refractivity contribution in [2.75, 3.05) is 0 Å². The van der Waals surface area contributed by atoms with E-state index in [1.165, 1.54) is 0 Å². The molecule has 0 spiro atoms. The summed E-state index contributed by atoms with van der Waals surface area (Å²) in [5, 5.41) is 0.811. The number of halogens is 2. The first-order valence-corrected chi connectivity index (χ1v) is 4.91. The molecular weight excluding hydrogens is 270 g/mol. The molecule has 1 nitrogen and oxygen atoms in total. The molecule has 0 radical (unpaired) electrons. The van der Waals surface area contributed by atoms with Gasteiger partial charge in [0.05, 0.1) is 6.57 Å². The van der Waals surface area contributed by atoms with Crippen LogP contribution in [0.15, 0.2) is 22.7 Å². The van der Waals surface area contributed by atoms with Crippen LogP contribution in [0, 0.1) is 6.57 Å². The number of rotatable bonds is 1. The van der Waals surface area contributed by atoms with Crippen molar-refractivity contribution in [2.45, 2.75) is 5.33 Å². The van der Waals surface area contributed by atoms with Crippen LogP contribution in [0.5, 0.6) is 0 Å². The van der Waals surface area contributed by atoms with Crippen LogP contribution in [0.3, 0.4) is 0 Å². The quantitative estimate of drug-likeness (QED) is 0.541. The average Bonchev–Trinajstić information content (AvgIpc) is 2.04. The fourth-order valence-corrected chi connectivity index (χ4v) is 2.09. The van der Waals surface area contributed by atoms with Gasteiger partial charge in [-0.25, -0.2) is 4.85 Å². The Bertz CT molecular complexity index is 301. The summed E-state index contributed by atoms with van der Waals surface area (Å²) in [7, 11) is 0. The lowest BCUT2D eigenvalue weighted by Crippen LogP contribution is -1.77. The molecule has 0 aliphatic rings. The maximum atomic E-state index is 6.76. The monoisotopic (exact) mass is 273 g/mol. The van der Waals surface area contributed by atoms with E-state index < -0.39 is 0 Å². The van der Waals surface area contributed by atoms with Crippen molar-refractivity contribution in [2.24, 2.45) is 0 Å². The highest BCUT2D eigenvalue weighted by molar-refractivity contribution is 9.10. The second kappa shape index (κ2) is 3.89. The smallest absolute Gasteiger partial charge is 0.188 e. The van der Waals surface area contributed by atoms with Crippen LogP contribution in [0.4, 0.5) is 5.69 Å². The Morgan fingerprint density at radius 3 is 2.64 bits per heavy atom. The molecule has 0 bridgehead atoms. The van der Waals surface area contributed by atoms with Gasteiger partial charge in [0.1, 0.15) is 0 Å². The lowest BCUT2D eigenvalue weighted by molar-refractivity contribution is 1.41. The molecule has 1 rings (SSSR count). The topological polar surface area (TPSA) is 4.36 Å². The van der Waals surface area contributed by atoms with E-state index in [1.54, 1.807) is 0 Å². The second-order valence-corrected chi connectivity index (χ2v) is 3.44. The molecule has 0 aliphatic carbocycles. The first-order chi connectivity index (χ1) is 5.27. The van der Waals surface area contributed by atoms with Crippen molar-refractivity contribution < 1.29 is 0 Å². The van der Waals surface area contributed by atoms with Crippen LogP contribution in [-0.4, -0.2) is 0 Å². The molecule has 1 aromatic rings. The molecule has 56 valence electrons. The number of alkyl halides is 1. The van der Waals surface area contributed by atoms with E-state index in [4.69, 9.17) is 6.57 Å². The SMILES string of the molecule is [C-]#[N+]c1ccc(CBr)c(Br)c1. The van der Waals surface area contributed by atoms with Crippen LogP contribution in [-0.2, 0) is 5.33 Å². The molecule has 0 N–H and O–H groups in total. The molecular formula is C8H5Br2N. The van der Waals surface area contributed by atoms with Crippen molar-refractivity contribution in [3.8, 4) is 0 Å². The van der Waals surface area contributed by atoms with E-state index in [2.05, 4.69) is 36.7 Å². The first kappa shape index (κ1) is 8.76. The zero-order chi connectivity index (χ0) is 8.27. The molecule has 0 heterocycles. The van der Waals surface area contributed by atoms with Gasteiger partial charge in [0.25, 0.3) is 0 Å². The molecule has 1 aromatic carbocycles. The lowest BCUT2D eigenvalue weighted by atomic mass is 10.2. The average molecular weight is 275 g/mol. The normalized spacial score (nSPS) is 9.18. The van der Waals surface area contributed by atoms with E-state index in [0.29, 0.717) is 5.69 Å². The van der Waals surface area contributed by atoms with Gasteiger partial charge in [-0.1, -0.05) is 44.0 Å². The molecule has 0 aliphatic heterocycles. The predicted octanol–water partition coefficient (Wildman–Crippen LogP) is 3.89. The number of nitrogens with zero attached hydrogens (tertiary/aromatic N) is 1. The third-order valence-corrected chi connectivity index (χ3v) is 2.65. The van der Waals surface area contributed by atoms with Crippen molar-refractivity contribution in [1.29, 1.82) is 0 Å². The molecule has 0 amide bonds. The van der Waals surface area contributed by atoms with Gasteiger partial charge in [-0.15, -0.1) is 0 Å². The highest BCUT2D eigenvalue weighted by atomic mass is 79.9. The Balaban J connectivity index is 3.12. The van der Waals surface area contributed by atoms with Gasteiger partial charge >= 0.3 is 0 Å². The molecule has 0 unspecified atom stereocenters. The zero-order valence-electron chi connectivity index (χ0n) is 5.64. The minimum atomic E-state index is 0.668. The summed E-state index contributed by atoms with van der Waals surface area (Å²) in [6.07, 6.45) is 0. The summed E-state index contributed by atoms with van der Waals surface area (Å²) >= 11 is 6.72. The Hall–Kier alpha value is -0.330. The van der Waals surface area contributed by atoms with E-state index >= 15 is 0 Å². The van der Waals surface area contributed by atoms with Gasteiger partial charge in [0.2, 0.25) is 0 Å². The first-order valence-electron chi connectivity index (χ1n) is 3.00. The van der Waals surface area contributed by atoms with Crippen LogP contribution in [0.25, 0.3) is 4.85 Å². The van der Waals surface area contributed by atoms with Crippen molar-refractivity contribution in [3.05, 3.63) is 39.7 Å². The number of hydrogen-bond donors (Lipinski definition) is 0. The minimum Gasteiger partial charge on any atom is -0.238 e. The summed E-state index contributed by atoms with van der Waals surface area (Å²) in [5.41, 5.74) is 1.83. The summed E-state index contributed by atoms with van der Waals surface area (Å²) in [6.45, 7) is 6.76. The molecule has 3 heteroatoms. The van der Waals surface area contributed by atoms with Gasteiger partial charge in [-0.2, -0.15) is 0 Å². The summed E-state index contributed by atoms with van der Waals surface area (Å²) < 4.78 is 0.989. The fraction of sp³-hybridized carbons (Fsp3) is 0.125. The Morgan fingerprint density at radius 2 is 2.18 bits per heavy atom. The van der Waals surface area contributed by atoms with E-state index in [1.807, 2.05) is 18.2 Å². The van der Waals surface area contributed by atoms with Gasteiger partial charge in [0, 0.05) is 9.80 Å². The van der Waals surface area contributed by atoms with E-state index in [-0.39, 0.29) is 0 Å². The molecule has 0 fully saturated rings. The standard InChI is InChI=1S/C8H5Br2N/c1-11-7-3-2-6(5-9)8(10)4-7/h2-4H,5H2. The van der Waals surface area contributed by atoms with Crippen LogP contribution >= 0.6 is 31.9 Å².